The van der Waals surface area contributed by atoms with Gasteiger partial charge in [-0.1, -0.05) is 18.2 Å². The Morgan fingerprint density at radius 3 is 2.68 bits per heavy atom. The number of rotatable bonds is 6. The van der Waals surface area contributed by atoms with Crippen molar-refractivity contribution in [2.24, 2.45) is 5.73 Å². The van der Waals surface area contributed by atoms with Gasteiger partial charge in [-0.2, -0.15) is 0 Å². The number of fused-ring (bicyclic) bond motifs is 2. The van der Waals surface area contributed by atoms with Crippen LogP contribution in [-0.4, -0.2) is 45.0 Å². The van der Waals surface area contributed by atoms with Crippen molar-refractivity contribution in [3.05, 3.63) is 95.3 Å². The molecule has 0 saturated heterocycles. The average molecular weight is 546 g/mol. The highest BCUT2D eigenvalue weighted by molar-refractivity contribution is 6.09. The Morgan fingerprint density at radius 2 is 1.93 bits per heavy atom. The Bertz CT molecular complexity index is 1820. The van der Waals surface area contributed by atoms with Crippen LogP contribution in [0.4, 0.5) is 5.69 Å². The van der Waals surface area contributed by atoms with E-state index in [1.165, 1.54) is 24.6 Å². The molecule has 1 fully saturated rings. The molecule has 0 unspecified atom stereocenters. The number of hydrogen-bond acceptors (Lipinski definition) is 6. The molecule has 204 valence electrons. The Labute approximate surface area is 235 Å². The molecule has 1 saturated carbocycles. The van der Waals surface area contributed by atoms with Gasteiger partial charge in [0.25, 0.3) is 5.91 Å². The van der Waals surface area contributed by atoms with E-state index in [4.69, 9.17) is 10.5 Å². The molecular weight excluding hydrogens is 518 g/mol. The molecule has 2 aromatic carbocycles. The zero-order valence-electron chi connectivity index (χ0n) is 22.1. The van der Waals surface area contributed by atoms with Crippen molar-refractivity contribution < 1.29 is 19.4 Å². The van der Waals surface area contributed by atoms with Crippen molar-refractivity contribution in [2.75, 3.05) is 18.1 Å². The first-order valence-electron chi connectivity index (χ1n) is 13.6. The number of aromatic amines is 1. The van der Waals surface area contributed by atoms with Gasteiger partial charge in [-0.3, -0.25) is 14.6 Å². The number of primary amides is 1. The number of nitrogens with zero attached hydrogens (tertiary/aromatic N) is 3. The van der Waals surface area contributed by atoms with Gasteiger partial charge in [-0.25, -0.2) is 4.98 Å². The van der Waals surface area contributed by atoms with E-state index in [9.17, 15) is 14.7 Å². The predicted octanol–water partition coefficient (Wildman–Crippen LogP) is 4.80. The number of carbonyl (C=O) groups excluding carboxylic acids is 2. The number of amides is 2. The number of aromatic nitrogens is 3. The van der Waals surface area contributed by atoms with Gasteiger partial charge in [0.05, 0.1) is 41.4 Å². The minimum atomic E-state index is -0.540. The van der Waals surface area contributed by atoms with Crippen molar-refractivity contribution in [2.45, 2.75) is 25.4 Å². The van der Waals surface area contributed by atoms with Crippen LogP contribution in [0.5, 0.6) is 5.75 Å². The highest BCUT2D eigenvalue weighted by Gasteiger charge is 2.30. The van der Waals surface area contributed by atoms with E-state index in [1.807, 2.05) is 48.5 Å². The first kappa shape index (κ1) is 25.0. The maximum atomic E-state index is 13.8. The van der Waals surface area contributed by atoms with Gasteiger partial charge in [-0.05, 0) is 77.9 Å². The first-order chi connectivity index (χ1) is 20.0. The topological polar surface area (TPSA) is 134 Å². The molecular formula is C32H27N5O4. The Balaban J connectivity index is 1.29. The summed E-state index contributed by atoms with van der Waals surface area (Å²) in [6, 6.07) is 18.8. The highest BCUT2D eigenvalue weighted by atomic mass is 16.5. The van der Waals surface area contributed by atoms with Crippen LogP contribution in [0.15, 0.2) is 73.1 Å². The highest BCUT2D eigenvalue weighted by Crippen LogP contribution is 2.43. The van der Waals surface area contributed by atoms with Crippen LogP contribution in [0.3, 0.4) is 0 Å². The quantitative estimate of drug-likeness (QED) is 0.281. The largest absolute Gasteiger partial charge is 0.491 e. The summed E-state index contributed by atoms with van der Waals surface area (Å²) in [5.74, 6) is 0.493. The molecule has 2 aliphatic rings. The van der Waals surface area contributed by atoms with E-state index in [2.05, 4.69) is 15.0 Å². The average Bonchev–Trinajstić information content (AvgIpc) is 3.78. The van der Waals surface area contributed by atoms with Crippen LogP contribution in [0.2, 0.25) is 0 Å². The number of benzene rings is 2. The normalized spacial score (nSPS) is 15.0. The van der Waals surface area contributed by atoms with Gasteiger partial charge < -0.3 is 25.5 Å². The van der Waals surface area contributed by atoms with E-state index in [0.717, 1.165) is 22.2 Å². The standard InChI is InChI=1S/C32H27N5O4/c33-30(39)20-7-9-26(35-16-20)27-15-24-22(10-11-34-31(24)36-27)21-2-1-3-28(25(21)17-38)37-12-13-41-29-14-19(18-4-5-18)6-8-23(29)32(37)40/h1-3,6-11,14-16,18,38H,4-5,12-13,17H2,(H2,33,39)(H,34,36). The lowest BCUT2D eigenvalue weighted by molar-refractivity contribution is 0.0985. The molecule has 2 amide bonds. The number of nitrogens with one attached hydrogen (secondary N) is 1. The molecule has 9 heteroatoms. The maximum absolute atomic E-state index is 13.8. The zero-order chi connectivity index (χ0) is 28.1. The van der Waals surface area contributed by atoms with Crippen LogP contribution >= 0.6 is 0 Å². The number of anilines is 1. The lowest BCUT2D eigenvalue weighted by Gasteiger charge is -2.24. The second-order valence-electron chi connectivity index (χ2n) is 10.4. The fourth-order valence-electron chi connectivity index (χ4n) is 5.57. The summed E-state index contributed by atoms with van der Waals surface area (Å²) in [4.78, 5) is 39.1. The second-order valence-corrected chi connectivity index (χ2v) is 10.4. The van der Waals surface area contributed by atoms with Crippen LogP contribution in [-0.2, 0) is 6.61 Å². The number of aliphatic hydroxyl groups excluding tert-OH is 1. The molecule has 0 bridgehead atoms. The van der Waals surface area contributed by atoms with E-state index < -0.39 is 5.91 Å². The molecule has 7 rings (SSSR count). The lowest BCUT2D eigenvalue weighted by Crippen LogP contribution is -2.33. The molecule has 9 nitrogen and oxygen atoms in total. The summed E-state index contributed by atoms with van der Waals surface area (Å²) in [7, 11) is 0. The summed E-state index contributed by atoms with van der Waals surface area (Å²) in [6.07, 6.45) is 5.49. The first-order valence-corrected chi connectivity index (χ1v) is 13.6. The van der Waals surface area contributed by atoms with Crippen molar-refractivity contribution in [3.8, 4) is 28.3 Å². The van der Waals surface area contributed by atoms with Gasteiger partial charge in [-0.15, -0.1) is 0 Å². The van der Waals surface area contributed by atoms with E-state index >= 15 is 0 Å². The van der Waals surface area contributed by atoms with Crippen molar-refractivity contribution in [3.63, 3.8) is 0 Å². The summed E-state index contributed by atoms with van der Waals surface area (Å²) < 4.78 is 6.03. The smallest absolute Gasteiger partial charge is 0.262 e. The SMILES string of the molecule is NC(=O)c1ccc(-c2cc3c(-c4cccc(N5CCOc6cc(C7CC7)ccc6C5=O)c4CO)ccnc3[nH]2)nc1. The summed E-state index contributed by atoms with van der Waals surface area (Å²) in [6.45, 7) is 0.445. The zero-order valence-corrected chi connectivity index (χ0v) is 22.1. The number of H-pyrrole nitrogens is 1. The van der Waals surface area contributed by atoms with Gasteiger partial charge >= 0.3 is 0 Å². The van der Waals surface area contributed by atoms with Crippen LogP contribution in [0.1, 0.15) is 50.6 Å². The molecule has 0 atom stereocenters. The molecule has 0 spiro atoms. The summed E-state index contributed by atoms with van der Waals surface area (Å²) in [5, 5.41) is 11.5. The molecule has 3 aromatic heterocycles. The van der Waals surface area contributed by atoms with Crippen molar-refractivity contribution >= 4 is 28.5 Å². The fourth-order valence-corrected chi connectivity index (χ4v) is 5.57. The third kappa shape index (κ3) is 4.40. The molecule has 5 aromatic rings. The third-order valence-corrected chi connectivity index (χ3v) is 7.85. The summed E-state index contributed by atoms with van der Waals surface area (Å²) in [5.41, 5.74) is 12.3. The Kier molecular flexibility index (Phi) is 6.01. The van der Waals surface area contributed by atoms with E-state index in [0.29, 0.717) is 58.5 Å². The second kappa shape index (κ2) is 9.87. The van der Waals surface area contributed by atoms with Crippen molar-refractivity contribution in [1.29, 1.82) is 0 Å². The number of aliphatic hydroxyl groups is 1. The Morgan fingerprint density at radius 1 is 1.05 bits per heavy atom. The molecule has 4 heterocycles. The third-order valence-electron chi connectivity index (χ3n) is 7.85. The predicted molar refractivity (Wildman–Crippen MR) is 155 cm³/mol. The molecule has 4 N–H and O–H groups in total. The molecule has 41 heavy (non-hydrogen) atoms. The number of hydrogen-bond donors (Lipinski definition) is 3. The van der Waals surface area contributed by atoms with Crippen LogP contribution in [0, 0.1) is 0 Å². The summed E-state index contributed by atoms with van der Waals surface area (Å²) >= 11 is 0. The molecule has 1 aliphatic carbocycles. The van der Waals surface area contributed by atoms with Crippen LogP contribution < -0.4 is 15.4 Å². The van der Waals surface area contributed by atoms with E-state index in [1.54, 1.807) is 23.2 Å². The van der Waals surface area contributed by atoms with Gasteiger partial charge in [0.15, 0.2) is 0 Å². The van der Waals surface area contributed by atoms with Crippen LogP contribution in [0.25, 0.3) is 33.5 Å². The minimum absolute atomic E-state index is 0.152. The van der Waals surface area contributed by atoms with E-state index in [-0.39, 0.29) is 12.5 Å². The van der Waals surface area contributed by atoms with Gasteiger partial charge in [0.1, 0.15) is 18.0 Å². The monoisotopic (exact) mass is 545 g/mol. The minimum Gasteiger partial charge on any atom is -0.491 e. The fraction of sp³-hybridized carbons (Fsp3) is 0.188. The number of pyridine rings is 2. The maximum Gasteiger partial charge on any atom is 0.262 e. The van der Waals surface area contributed by atoms with Gasteiger partial charge in [0, 0.05) is 23.3 Å². The number of nitrogens with two attached hydrogens (primary N) is 1. The molecule has 0 radical (unpaired) electrons. The van der Waals surface area contributed by atoms with Crippen molar-refractivity contribution in [1.82, 2.24) is 15.0 Å². The lowest BCUT2D eigenvalue weighted by atomic mass is 9.96. The number of ether oxygens (including phenoxy) is 1. The molecule has 1 aliphatic heterocycles. The Hall–Kier alpha value is -5.02. The van der Waals surface area contributed by atoms with Gasteiger partial charge in [0.2, 0.25) is 5.91 Å². The number of carbonyl (C=O) groups is 2.